The number of nitrogens with zero attached hydrogens (tertiary/aromatic N) is 4. The smallest absolute Gasteiger partial charge is 0.308 e. The van der Waals surface area contributed by atoms with Crippen LogP contribution in [0.3, 0.4) is 0 Å². The molecule has 0 spiro atoms. The highest BCUT2D eigenvalue weighted by atomic mass is 32.2. The minimum atomic E-state index is -0.914. The van der Waals surface area contributed by atoms with Gasteiger partial charge in [-0.25, -0.2) is 9.29 Å². The van der Waals surface area contributed by atoms with Gasteiger partial charge in [-0.3, -0.25) is 33.9 Å². The number of aromatic nitrogens is 1. The van der Waals surface area contributed by atoms with Crippen molar-refractivity contribution in [3.8, 4) is 0 Å². The molecule has 1 aromatic heterocycles. The Morgan fingerprint density at radius 2 is 1.61 bits per heavy atom. The van der Waals surface area contributed by atoms with E-state index in [4.69, 9.17) is 0 Å². The molecule has 2 aliphatic rings. The summed E-state index contributed by atoms with van der Waals surface area (Å²) in [5.74, 6) is -3.48. The van der Waals surface area contributed by atoms with E-state index in [0.717, 1.165) is 52.3 Å². The first-order chi connectivity index (χ1) is 22.1. The Morgan fingerprint density at radius 1 is 0.957 bits per heavy atom. The Bertz CT molecular complexity index is 1890. The fraction of sp³-hybridized carbons (Fsp3) is 0.250. The summed E-state index contributed by atoms with van der Waals surface area (Å²) in [6, 6.07) is 18.1. The topological polar surface area (TPSA) is 135 Å². The molecule has 6 rings (SSSR count). The second kappa shape index (κ2) is 12.5. The average molecular weight is 662 g/mol. The highest BCUT2D eigenvalue weighted by molar-refractivity contribution is 8.00. The standard InChI is InChI=1S/C32H28FN5O6S2/c1-3-35(4-2)21-11-5-18(6-12-21)25-26-27(30(41)37(29(26)40)22-13-15-23(16-14-22)38(43)44)45-31-28(25)46-32(42)36(31)17-24(39)34-20-9-7-19(33)8-10-20/h5-16,25-27H,3-4,17H2,1-2H3,(H,34,39)/t25-,26?,27?/m1/s1. The van der Waals surface area contributed by atoms with Crippen molar-refractivity contribution in [1.29, 1.82) is 0 Å². The van der Waals surface area contributed by atoms with Gasteiger partial charge in [-0.2, -0.15) is 0 Å². The van der Waals surface area contributed by atoms with Crippen LogP contribution in [0.1, 0.15) is 30.2 Å². The number of carbonyl (C=O) groups excluding carboxylic acids is 3. The second-order valence-corrected chi connectivity index (χ2v) is 12.9. The van der Waals surface area contributed by atoms with Crippen LogP contribution in [-0.2, 0) is 20.9 Å². The van der Waals surface area contributed by atoms with Gasteiger partial charge in [-0.05, 0) is 67.9 Å². The van der Waals surface area contributed by atoms with Gasteiger partial charge in [0, 0.05) is 47.4 Å². The van der Waals surface area contributed by atoms with Crippen LogP contribution < -0.4 is 20.0 Å². The Balaban J connectivity index is 1.40. The van der Waals surface area contributed by atoms with Crippen molar-refractivity contribution in [2.75, 3.05) is 28.2 Å². The van der Waals surface area contributed by atoms with E-state index in [2.05, 4.69) is 24.1 Å². The SMILES string of the molecule is CCN(CC)c1ccc([C@H]2c3sc(=O)n(CC(=O)Nc4ccc(F)cc4)c3SC3C(=O)N(c4ccc([N+](=O)[O-])cc4)C(=O)C32)cc1. The molecular formula is C32H28FN5O6S2. The molecule has 1 N–H and O–H groups in total. The van der Waals surface area contributed by atoms with E-state index < -0.39 is 50.4 Å². The van der Waals surface area contributed by atoms with E-state index in [1.54, 1.807) is 0 Å². The van der Waals surface area contributed by atoms with E-state index in [9.17, 15) is 33.7 Å². The Kier molecular flexibility index (Phi) is 8.49. The lowest BCUT2D eigenvalue weighted by Gasteiger charge is -2.31. The van der Waals surface area contributed by atoms with Gasteiger partial charge in [0.2, 0.25) is 17.7 Å². The molecule has 0 aliphatic carbocycles. The Morgan fingerprint density at radius 3 is 2.22 bits per heavy atom. The van der Waals surface area contributed by atoms with Crippen LogP contribution in [0.15, 0.2) is 82.6 Å². The number of hydrogen-bond acceptors (Lipinski definition) is 9. The minimum Gasteiger partial charge on any atom is -0.372 e. The largest absolute Gasteiger partial charge is 0.372 e. The number of rotatable bonds is 9. The zero-order valence-corrected chi connectivity index (χ0v) is 26.3. The highest BCUT2D eigenvalue weighted by Gasteiger charge is 2.56. The molecule has 2 unspecified atom stereocenters. The average Bonchev–Trinajstić information content (AvgIpc) is 3.49. The molecule has 3 amide bonds. The zero-order chi connectivity index (χ0) is 32.7. The van der Waals surface area contributed by atoms with E-state index in [1.807, 2.05) is 24.3 Å². The quantitative estimate of drug-likeness (QED) is 0.146. The molecule has 236 valence electrons. The van der Waals surface area contributed by atoms with Crippen molar-refractivity contribution >= 4 is 63.6 Å². The fourth-order valence-corrected chi connectivity index (χ4v) is 8.72. The molecule has 1 saturated heterocycles. The number of nitrogens with one attached hydrogen (secondary N) is 1. The van der Waals surface area contributed by atoms with Crippen molar-refractivity contribution in [2.24, 2.45) is 5.92 Å². The molecule has 3 atom stereocenters. The second-order valence-electron chi connectivity index (χ2n) is 10.8. The van der Waals surface area contributed by atoms with E-state index in [0.29, 0.717) is 15.6 Å². The molecule has 3 aromatic carbocycles. The number of halogens is 1. The molecule has 11 nitrogen and oxygen atoms in total. The number of carbonyl (C=O) groups is 3. The van der Waals surface area contributed by atoms with Gasteiger partial charge in [0.1, 0.15) is 17.6 Å². The van der Waals surface area contributed by atoms with Crippen LogP contribution in [0.2, 0.25) is 0 Å². The number of benzene rings is 3. The predicted molar refractivity (Wildman–Crippen MR) is 174 cm³/mol. The van der Waals surface area contributed by atoms with Crippen LogP contribution in [0.4, 0.5) is 27.1 Å². The molecule has 0 bridgehead atoms. The highest BCUT2D eigenvalue weighted by Crippen LogP contribution is 2.54. The van der Waals surface area contributed by atoms with Gasteiger partial charge in [0.15, 0.2) is 0 Å². The molecule has 2 aliphatic heterocycles. The first-order valence-corrected chi connectivity index (χ1v) is 16.2. The summed E-state index contributed by atoms with van der Waals surface area (Å²) in [7, 11) is 0. The molecule has 0 saturated carbocycles. The molecule has 14 heteroatoms. The van der Waals surface area contributed by atoms with Crippen LogP contribution in [0.25, 0.3) is 0 Å². The predicted octanol–water partition coefficient (Wildman–Crippen LogP) is 5.24. The third kappa shape index (κ3) is 5.58. The minimum absolute atomic E-state index is 0.175. The lowest BCUT2D eigenvalue weighted by molar-refractivity contribution is -0.384. The van der Waals surface area contributed by atoms with Crippen molar-refractivity contribution in [3.05, 3.63) is 109 Å². The Hall–Kier alpha value is -4.82. The maximum atomic E-state index is 14.1. The number of imide groups is 1. The molecule has 4 aromatic rings. The first kappa shape index (κ1) is 31.2. The summed E-state index contributed by atoms with van der Waals surface area (Å²) in [5, 5.41) is 13.4. The maximum Gasteiger partial charge on any atom is 0.308 e. The van der Waals surface area contributed by atoms with Crippen LogP contribution in [-0.4, -0.2) is 45.6 Å². The van der Waals surface area contributed by atoms with Gasteiger partial charge in [-0.1, -0.05) is 35.2 Å². The summed E-state index contributed by atoms with van der Waals surface area (Å²) in [4.78, 5) is 68.5. The van der Waals surface area contributed by atoms with E-state index >= 15 is 0 Å². The molecular weight excluding hydrogens is 634 g/mol. The number of nitro benzene ring substituents is 1. The van der Waals surface area contributed by atoms with Crippen LogP contribution in [0.5, 0.6) is 0 Å². The van der Waals surface area contributed by atoms with Crippen molar-refractivity contribution in [1.82, 2.24) is 4.57 Å². The van der Waals surface area contributed by atoms with Gasteiger partial charge in [-0.15, -0.1) is 0 Å². The monoisotopic (exact) mass is 661 g/mol. The van der Waals surface area contributed by atoms with Crippen molar-refractivity contribution in [2.45, 2.75) is 36.6 Å². The number of non-ortho nitro benzene ring substituents is 1. The fourth-order valence-electron chi connectivity index (χ4n) is 5.95. The number of fused-ring (bicyclic) bond motifs is 2. The first-order valence-electron chi connectivity index (χ1n) is 14.5. The third-order valence-electron chi connectivity index (χ3n) is 8.18. The number of amides is 3. The lowest BCUT2D eigenvalue weighted by Crippen LogP contribution is -2.33. The number of thioether (sulfide) groups is 1. The van der Waals surface area contributed by atoms with Gasteiger partial charge in [0.05, 0.1) is 21.6 Å². The molecule has 0 radical (unpaired) electrons. The van der Waals surface area contributed by atoms with Gasteiger partial charge in [0.25, 0.3) is 5.69 Å². The van der Waals surface area contributed by atoms with E-state index in [1.165, 1.54) is 53.1 Å². The van der Waals surface area contributed by atoms with Gasteiger partial charge >= 0.3 is 4.87 Å². The summed E-state index contributed by atoms with van der Waals surface area (Å²) < 4.78 is 14.7. The summed E-state index contributed by atoms with van der Waals surface area (Å²) in [5.41, 5.74) is 2.12. The van der Waals surface area contributed by atoms with E-state index in [-0.39, 0.29) is 17.9 Å². The summed E-state index contributed by atoms with van der Waals surface area (Å²) in [6.45, 7) is 5.34. The van der Waals surface area contributed by atoms with Crippen LogP contribution in [0, 0.1) is 21.8 Å². The summed E-state index contributed by atoms with van der Waals surface area (Å²) in [6.07, 6.45) is 0. The number of nitro groups is 1. The summed E-state index contributed by atoms with van der Waals surface area (Å²) >= 11 is 2.01. The number of hydrogen-bond donors (Lipinski definition) is 1. The Labute approximate surface area is 270 Å². The van der Waals surface area contributed by atoms with Gasteiger partial charge < -0.3 is 10.2 Å². The maximum absolute atomic E-state index is 14.1. The van der Waals surface area contributed by atoms with Crippen molar-refractivity contribution < 1.29 is 23.7 Å². The van der Waals surface area contributed by atoms with Crippen molar-refractivity contribution in [3.63, 3.8) is 0 Å². The lowest BCUT2D eigenvalue weighted by atomic mass is 9.83. The third-order valence-corrected chi connectivity index (χ3v) is 10.8. The van der Waals surface area contributed by atoms with Crippen LogP contribution >= 0.6 is 23.1 Å². The normalized spacial score (nSPS) is 18.7. The number of anilines is 3. The molecule has 3 heterocycles. The molecule has 1 fully saturated rings. The number of thiazole rings is 1. The zero-order valence-electron chi connectivity index (χ0n) is 24.7. The molecule has 46 heavy (non-hydrogen) atoms.